The summed E-state index contributed by atoms with van der Waals surface area (Å²) in [5.41, 5.74) is 0.206. The first-order valence-corrected chi connectivity index (χ1v) is 6.26. The number of halogens is 4. The molecule has 0 aromatic heterocycles. The Morgan fingerprint density at radius 3 is 2.26 bits per heavy atom. The number of amides is 1. The topological polar surface area (TPSA) is 29.1 Å². The molecule has 0 heterocycles. The first-order valence-electron chi connectivity index (χ1n) is 5.19. The van der Waals surface area contributed by atoms with Crippen LogP contribution in [0.5, 0.6) is 0 Å². The lowest BCUT2D eigenvalue weighted by Crippen LogP contribution is -2.13. The molecule has 0 spiro atoms. The van der Waals surface area contributed by atoms with E-state index in [2.05, 4.69) is 27.9 Å². The summed E-state index contributed by atoms with van der Waals surface area (Å²) >= 11 is 2.06. The van der Waals surface area contributed by atoms with Gasteiger partial charge in [0.15, 0.2) is 17.5 Å². The van der Waals surface area contributed by atoms with E-state index in [1.54, 1.807) is 18.2 Å². The Kier molecular flexibility index (Phi) is 4.08. The van der Waals surface area contributed by atoms with Crippen LogP contribution in [0.4, 0.5) is 18.9 Å². The quantitative estimate of drug-likeness (QED) is 0.623. The van der Waals surface area contributed by atoms with Crippen molar-refractivity contribution in [2.24, 2.45) is 0 Å². The van der Waals surface area contributed by atoms with Gasteiger partial charge in [0.2, 0.25) is 0 Å². The molecule has 0 fully saturated rings. The summed E-state index contributed by atoms with van der Waals surface area (Å²) in [6.45, 7) is 0. The highest BCUT2D eigenvalue weighted by atomic mass is 127. The van der Waals surface area contributed by atoms with E-state index in [-0.39, 0.29) is 5.56 Å². The maximum atomic E-state index is 13.0. The normalized spacial score (nSPS) is 10.3. The Bertz CT molecular complexity index is 623. The van der Waals surface area contributed by atoms with Crippen LogP contribution >= 0.6 is 22.6 Å². The SMILES string of the molecule is O=C(Nc1cccc(I)c1)c1cc(F)c(F)c(F)c1. The van der Waals surface area contributed by atoms with Crippen LogP contribution in [0.15, 0.2) is 36.4 Å². The lowest BCUT2D eigenvalue weighted by atomic mass is 10.2. The molecular weight excluding hydrogens is 370 g/mol. The van der Waals surface area contributed by atoms with Gasteiger partial charge in [-0.25, -0.2) is 13.2 Å². The lowest BCUT2D eigenvalue weighted by Gasteiger charge is -2.06. The summed E-state index contributed by atoms with van der Waals surface area (Å²) in [4.78, 5) is 11.8. The van der Waals surface area contributed by atoms with Gasteiger partial charge in [0, 0.05) is 14.8 Å². The molecule has 0 aliphatic heterocycles. The third kappa shape index (κ3) is 3.25. The minimum atomic E-state index is -1.59. The molecule has 0 aliphatic rings. The molecule has 1 N–H and O–H groups in total. The molecule has 2 aromatic rings. The Hall–Kier alpha value is -1.57. The zero-order valence-electron chi connectivity index (χ0n) is 9.38. The smallest absolute Gasteiger partial charge is 0.255 e. The average molecular weight is 377 g/mol. The van der Waals surface area contributed by atoms with Crippen LogP contribution < -0.4 is 5.32 Å². The number of carbonyl (C=O) groups excluding carboxylic acids is 1. The van der Waals surface area contributed by atoms with E-state index in [0.29, 0.717) is 17.8 Å². The van der Waals surface area contributed by atoms with Crippen LogP contribution in [-0.2, 0) is 0 Å². The molecule has 0 atom stereocenters. The summed E-state index contributed by atoms with van der Waals surface area (Å²) in [6, 6.07) is 8.19. The van der Waals surface area contributed by atoms with E-state index < -0.39 is 23.4 Å². The van der Waals surface area contributed by atoms with Crippen molar-refractivity contribution < 1.29 is 18.0 Å². The van der Waals surface area contributed by atoms with Crippen molar-refractivity contribution in [3.8, 4) is 0 Å². The van der Waals surface area contributed by atoms with Crippen molar-refractivity contribution in [3.63, 3.8) is 0 Å². The van der Waals surface area contributed by atoms with Crippen LogP contribution in [0.2, 0.25) is 0 Å². The van der Waals surface area contributed by atoms with Crippen molar-refractivity contribution in [2.45, 2.75) is 0 Å². The van der Waals surface area contributed by atoms with Crippen LogP contribution in [-0.4, -0.2) is 5.91 Å². The second-order valence-corrected chi connectivity index (χ2v) is 4.96. The highest BCUT2D eigenvalue weighted by Gasteiger charge is 2.15. The van der Waals surface area contributed by atoms with Crippen molar-refractivity contribution in [1.29, 1.82) is 0 Å². The van der Waals surface area contributed by atoms with Crippen LogP contribution in [0, 0.1) is 21.0 Å². The van der Waals surface area contributed by atoms with Crippen LogP contribution in [0.1, 0.15) is 10.4 Å². The predicted molar refractivity (Wildman–Crippen MR) is 73.4 cm³/mol. The first-order chi connectivity index (χ1) is 8.97. The van der Waals surface area contributed by atoms with Gasteiger partial charge < -0.3 is 5.32 Å². The number of hydrogen-bond acceptors (Lipinski definition) is 1. The Morgan fingerprint density at radius 1 is 1.05 bits per heavy atom. The summed E-state index contributed by atoms with van der Waals surface area (Å²) < 4.78 is 39.7. The van der Waals surface area contributed by atoms with E-state index in [4.69, 9.17) is 0 Å². The Balaban J connectivity index is 2.25. The van der Waals surface area contributed by atoms with Crippen molar-refractivity contribution in [2.75, 3.05) is 5.32 Å². The molecule has 0 unspecified atom stereocenters. The fourth-order valence-corrected chi connectivity index (χ4v) is 2.00. The maximum absolute atomic E-state index is 13.0. The molecule has 2 rings (SSSR count). The number of hydrogen-bond donors (Lipinski definition) is 1. The zero-order valence-corrected chi connectivity index (χ0v) is 11.5. The highest BCUT2D eigenvalue weighted by Crippen LogP contribution is 2.17. The number of nitrogens with one attached hydrogen (secondary N) is 1. The predicted octanol–water partition coefficient (Wildman–Crippen LogP) is 3.96. The van der Waals surface area contributed by atoms with E-state index in [0.717, 1.165) is 3.57 Å². The number of anilines is 1. The molecule has 2 aromatic carbocycles. The molecule has 0 saturated heterocycles. The zero-order chi connectivity index (χ0) is 14.0. The number of rotatable bonds is 2. The summed E-state index contributed by atoms with van der Waals surface area (Å²) in [6.07, 6.45) is 0. The fraction of sp³-hybridized carbons (Fsp3) is 0. The van der Waals surface area contributed by atoms with Crippen molar-refractivity contribution in [1.82, 2.24) is 0 Å². The Morgan fingerprint density at radius 2 is 1.68 bits per heavy atom. The molecule has 19 heavy (non-hydrogen) atoms. The molecule has 0 bridgehead atoms. The van der Waals surface area contributed by atoms with Gasteiger partial charge in [0.25, 0.3) is 5.91 Å². The standard InChI is InChI=1S/C13H7F3INO/c14-10-4-7(5-11(15)12(10)16)13(19)18-9-3-1-2-8(17)6-9/h1-6H,(H,18,19). The van der Waals surface area contributed by atoms with Crippen LogP contribution in [0.25, 0.3) is 0 Å². The molecule has 98 valence electrons. The van der Waals surface area contributed by atoms with Gasteiger partial charge in [-0.3, -0.25) is 4.79 Å². The monoisotopic (exact) mass is 377 g/mol. The van der Waals surface area contributed by atoms with Gasteiger partial charge in [-0.05, 0) is 52.9 Å². The molecule has 6 heteroatoms. The van der Waals surface area contributed by atoms with Gasteiger partial charge in [0.05, 0.1) is 0 Å². The van der Waals surface area contributed by atoms with Crippen LogP contribution in [0.3, 0.4) is 0 Å². The summed E-state index contributed by atoms with van der Waals surface area (Å²) in [5.74, 6) is -5.09. The third-order valence-electron chi connectivity index (χ3n) is 2.33. The Labute approximate surface area is 120 Å². The average Bonchev–Trinajstić information content (AvgIpc) is 2.35. The first kappa shape index (κ1) is 13.9. The summed E-state index contributed by atoms with van der Waals surface area (Å²) in [7, 11) is 0. The molecular formula is C13H7F3INO. The second-order valence-electron chi connectivity index (χ2n) is 3.72. The lowest BCUT2D eigenvalue weighted by molar-refractivity contribution is 0.102. The van der Waals surface area contributed by atoms with Gasteiger partial charge in [0.1, 0.15) is 0 Å². The molecule has 0 aliphatic carbocycles. The third-order valence-corrected chi connectivity index (χ3v) is 3.00. The van der Waals surface area contributed by atoms with Gasteiger partial charge in [-0.1, -0.05) is 6.07 Å². The maximum Gasteiger partial charge on any atom is 0.255 e. The van der Waals surface area contributed by atoms with Gasteiger partial charge in [-0.2, -0.15) is 0 Å². The summed E-state index contributed by atoms with van der Waals surface area (Å²) in [5, 5.41) is 2.47. The van der Waals surface area contributed by atoms with E-state index >= 15 is 0 Å². The second kappa shape index (κ2) is 5.60. The molecule has 2 nitrogen and oxygen atoms in total. The van der Waals surface area contributed by atoms with Gasteiger partial charge in [-0.15, -0.1) is 0 Å². The largest absolute Gasteiger partial charge is 0.322 e. The van der Waals surface area contributed by atoms with E-state index in [1.807, 2.05) is 6.07 Å². The molecule has 0 radical (unpaired) electrons. The molecule has 1 amide bonds. The highest BCUT2D eigenvalue weighted by molar-refractivity contribution is 14.1. The minimum Gasteiger partial charge on any atom is -0.322 e. The molecule has 0 saturated carbocycles. The van der Waals surface area contributed by atoms with E-state index in [1.165, 1.54) is 0 Å². The van der Waals surface area contributed by atoms with Gasteiger partial charge >= 0.3 is 0 Å². The van der Waals surface area contributed by atoms with E-state index in [9.17, 15) is 18.0 Å². The fourth-order valence-electron chi connectivity index (χ4n) is 1.46. The van der Waals surface area contributed by atoms with Crippen molar-refractivity contribution >= 4 is 34.2 Å². The number of carbonyl (C=O) groups is 1. The number of benzene rings is 2. The van der Waals surface area contributed by atoms with Crippen molar-refractivity contribution in [3.05, 3.63) is 63.0 Å². The minimum absolute atomic E-state index is 0.282.